The number of nitrogens with two attached hydrogens (primary N) is 3. The molecule has 1 heterocycles. The Labute approximate surface area is 274 Å². The zero-order valence-corrected chi connectivity index (χ0v) is 27.2. The minimum atomic E-state index is -1.45. The van der Waals surface area contributed by atoms with Crippen molar-refractivity contribution in [3.63, 3.8) is 0 Å². The molecule has 0 bridgehead atoms. The lowest BCUT2D eigenvalue weighted by atomic mass is 9.76. The van der Waals surface area contributed by atoms with Crippen LogP contribution in [0.4, 0.5) is 17.1 Å². The third-order valence-electron chi connectivity index (χ3n) is 7.90. The molecule has 1 saturated heterocycles. The van der Waals surface area contributed by atoms with Crippen LogP contribution in [0.15, 0.2) is 72.8 Å². The molecule has 3 unspecified atom stereocenters. The van der Waals surface area contributed by atoms with Gasteiger partial charge in [0.1, 0.15) is 5.41 Å². The first-order valence-corrected chi connectivity index (χ1v) is 14.8. The van der Waals surface area contributed by atoms with E-state index in [4.69, 9.17) is 31.9 Å². The highest BCUT2D eigenvalue weighted by molar-refractivity contribution is 5.94. The number of nitro benzene ring substituents is 1. The Hall–Kier alpha value is -5.48. The molecule has 0 radical (unpaired) electrons. The molecule has 13 nitrogen and oxygen atoms in total. The number of amides is 1. The Morgan fingerprint density at radius 1 is 0.915 bits per heavy atom. The molecule has 0 aromatic heterocycles. The number of ether oxygens (including phenoxy) is 2. The van der Waals surface area contributed by atoms with Crippen LogP contribution >= 0.6 is 0 Å². The van der Waals surface area contributed by atoms with Gasteiger partial charge in [0.05, 0.1) is 29.6 Å². The predicted molar refractivity (Wildman–Crippen MR) is 178 cm³/mol. The summed E-state index contributed by atoms with van der Waals surface area (Å²) in [5.41, 5.74) is 17.8. The number of benzene rings is 3. The maximum absolute atomic E-state index is 11.8. The minimum Gasteiger partial charge on any atom is -0.465 e. The summed E-state index contributed by atoms with van der Waals surface area (Å²) < 4.78 is 9.87. The van der Waals surface area contributed by atoms with Crippen molar-refractivity contribution in [2.24, 2.45) is 5.73 Å². The number of carbonyl (C=O) groups is 3. The average molecular weight is 647 g/mol. The first kappa shape index (κ1) is 37.7. The largest absolute Gasteiger partial charge is 0.465 e. The van der Waals surface area contributed by atoms with Crippen LogP contribution in [-0.4, -0.2) is 49.1 Å². The van der Waals surface area contributed by atoms with Crippen LogP contribution in [0.5, 0.6) is 0 Å². The third-order valence-corrected chi connectivity index (χ3v) is 7.90. The van der Waals surface area contributed by atoms with Crippen LogP contribution in [0.1, 0.15) is 51.3 Å². The molecule has 3 atom stereocenters. The molecule has 0 spiro atoms. The van der Waals surface area contributed by atoms with E-state index < -0.39 is 21.7 Å². The van der Waals surface area contributed by atoms with E-state index in [-0.39, 0.29) is 36.1 Å². The minimum absolute atomic E-state index is 0.0945. The van der Waals surface area contributed by atoms with Crippen LogP contribution in [0.25, 0.3) is 0 Å². The van der Waals surface area contributed by atoms with Crippen molar-refractivity contribution in [3.8, 4) is 6.07 Å². The Morgan fingerprint density at radius 3 is 1.77 bits per heavy atom. The summed E-state index contributed by atoms with van der Waals surface area (Å²) in [4.78, 5) is 44.9. The van der Waals surface area contributed by atoms with Crippen molar-refractivity contribution in [2.75, 3.05) is 37.8 Å². The maximum Gasteiger partial charge on any atom is 0.330 e. The van der Waals surface area contributed by atoms with Gasteiger partial charge in [0.15, 0.2) is 5.41 Å². The lowest BCUT2D eigenvalue weighted by Crippen LogP contribution is -2.60. The zero-order valence-electron chi connectivity index (χ0n) is 27.2. The van der Waals surface area contributed by atoms with Gasteiger partial charge < -0.3 is 32.0 Å². The second-order valence-electron chi connectivity index (χ2n) is 11.3. The van der Waals surface area contributed by atoms with Crippen molar-refractivity contribution < 1.29 is 28.8 Å². The standard InChI is InChI=1S/C12H12N2O4.C12H18N2O2.C10H12N2O/c1-3-18-11(15)12(2,8-13)9-4-6-10(7-5-9)14(16)17;1-3-16-11(15)12(2,8-13)9-4-6-10(14)7-5-9;1-10(6-12-9(10)13)7-2-4-8(11)5-3-7/h4-7H,3H2,1-2H3;4-7H,3,8,13-14H2,1-2H3;2-5H,6,11H2,1H3,(H,12,13). The Morgan fingerprint density at radius 2 is 1.38 bits per heavy atom. The highest BCUT2D eigenvalue weighted by atomic mass is 16.6. The summed E-state index contributed by atoms with van der Waals surface area (Å²) in [5.74, 6) is -0.874. The van der Waals surface area contributed by atoms with Gasteiger partial charge in [0.2, 0.25) is 5.91 Å². The van der Waals surface area contributed by atoms with Crippen LogP contribution in [-0.2, 0) is 40.1 Å². The fraction of sp³-hybridized carbons (Fsp3) is 0.353. The van der Waals surface area contributed by atoms with Gasteiger partial charge in [-0.3, -0.25) is 19.7 Å². The molecular weight excluding hydrogens is 604 g/mol. The molecule has 7 N–H and O–H groups in total. The number of anilines is 2. The van der Waals surface area contributed by atoms with E-state index >= 15 is 0 Å². The lowest BCUT2D eigenvalue weighted by Gasteiger charge is -2.37. The van der Waals surface area contributed by atoms with Gasteiger partial charge >= 0.3 is 11.9 Å². The molecule has 1 amide bonds. The number of nitro groups is 1. The SMILES string of the molecule is CC1(c2ccc(N)cc2)CNC1=O.CCOC(=O)C(C)(C#N)c1ccc([N+](=O)[O-])cc1.CCOC(=O)C(C)(CN)c1ccc(N)cc1. The van der Waals surface area contributed by atoms with Crippen molar-refractivity contribution in [1.29, 1.82) is 5.26 Å². The summed E-state index contributed by atoms with van der Waals surface area (Å²) in [6.07, 6.45) is 0. The van der Waals surface area contributed by atoms with Crippen molar-refractivity contribution in [2.45, 2.75) is 50.9 Å². The topological polar surface area (TPSA) is 227 Å². The molecular formula is C34H42N6O7. The molecule has 47 heavy (non-hydrogen) atoms. The van der Waals surface area contributed by atoms with Crippen LogP contribution in [0.2, 0.25) is 0 Å². The molecule has 0 aliphatic carbocycles. The van der Waals surface area contributed by atoms with Gasteiger partial charge in [-0.2, -0.15) is 5.26 Å². The Kier molecular flexibility index (Phi) is 13.0. The van der Waals surface area contributed by atoms with Crippen LogP contribution < -0.4 is 22.5 Å². The molecule has 4 rings (SSSR count). The number of nitrogen functional groups attached to an aromatic ring is 2. The second kappa shape index (κ2) is 16.2. The third kappa shape index (κ3) is 8.83. The molecule has 1 fully saturated rings. The molecule has 1 aliphatic heterocycles. The number of hydrogen-bond acceptors (Lipinski definition) is 11. The number of nitrogens with one attached hydrogen (secondary N) is 1. The molecule has 250 valence electrons. The van der Waals surface area contributed by atoms with Gasteiger partial charge in [-0.15, -0.1) is 0 Å². The lowest BCUT2D eigenvalue weighted by molar-refractivity contribution is -0.384. The number of carbonyl (C=O) groups excluding carboxylic acids is 3. The van der Waals surface area contributed by atoms with E-state index in [0.717, 1.165) is 23.4 Å². The predicted octanol–water partition coefficient (Wildman–Crippen LogP) is 3.64. The Bertz CT molecular complexity index is 1590. The monoisotopic (exact) mass is 646 g/mol. The molecule has 3 aromatic carbocycles. The molecule has 0 saturated carbocycles. The fourth-order valence-electron chi connectivity index (χ4n) is 4.39. The second-order valence-corrected chi connectivity index (χ2v) is 11.3. The fourth-order valence-corrected chi connectivity index (χ4v) is 4.39. The van der Waals surface area contributed by atoms with Crippen LogP contribution in [0.3, 0.4) is 0 Å². The van der Waals surface area contributed by atoms with Gasteiger partial charge in [-0.25, -0.2) is 4.79 Å². The van der Waals surface area contributed by atoms with E-state index in [1.807, 2.05) is 37.3 Å². The van der Waals surface area contributed by atoms with E-state index in [2.05, 4.69) is 5.32 Å². The average Bonchev–Trinajstić information content (AvgIpc) is 3.08. The number of β-lactam (4-membered cyclic amide) rings is 1. The summed E-state index contributed by atoms with van der Waals surface area (Å²) in [7, 11) is 0. The van der Waals surface area contributed by atoms with E-state index in [1.54, 1.807) is 45.0 Å². The zero-order chi connectivity index (χ0) is 35.4. The summed E-state index contributed by atoms with van der Waals surface area (Å²) >= 11 is 0. The number of non-ortho nitro benzene ring substituents is 1. The highest BCUT2D eigenvalue weighted by Crippen LogP contribution is 2.30. The summed E-state index contributed by atoms with van der Waals surface area (Å²) in [6, 6.07) is 21.8. The van der Waals surface area contributed by atoms with Crippen molar-refractivity contribution in [3.05, 3.63) is 99.6 Å². The number of esters is 2. The van der Waals surface area contributed by atoms with Gasteiger partial charge in [0.25, 0.3) is 5.69 Å². The Balaban J connectivity index is 0.000000248. The van der Waals surface area contributed by atoms with Gasteiger partial charge in [-0.05, 0) is 75.6 Å². The normalized spacial score (nSPS) is 17.2. The first-order valence-electron chi connectivity index (χ1n) is 14.8. The smallest absolute Gasteiger partial charge is 0.330 e. The molecule has 3 aromatic rings. The van der Waals surface area contributed by atoms with E-state index in [1.165, 1.54) is 31.2 Å². The van der Waals surface area contributed by atoms with Crippen molar-refractivity contribution >= 4 is 34.9 Å². The first-order chi connectivity index (χ1) is 22.1. The summed E-state index contributed by atoms with van der Waals surface area (Å²) in [5, 5.41) is 22.4. The highest BCUT2D eigenvalue weighted by Gasteiger charge is 2.43. The molecule has 1 aliphatic rings. The number of rotatable bonds is 9. The van der Waals surface area contributed by atoms with Gasteiger partial charge in [0, 0.05) is 36.6 Å². The summed E-state index contributed by atoms with van der Waals surface area (Å²) in [6.45, 7) is 10.0. The van der Waals surface area contributed by atoms with Crippen molar-refractivity contribution in [1.82, 2.24) is 5.32 Å². The number of nitrogens with zero attached hydrogens (tertiary/aromatic N) is 2. The van der Waals surface area contributed by atoms with E-state index in [9.17, 15) is 24.5 Å². The van der Waals surface area contributed by atoms with Crippen LogP contribution in [0, 0.1) is 21.4 Å². The van der Waals surface area contributed by atoms with Gasteiger partial charge in [-0.1, -0.05) is 36.4 Å². The number of hydrogen-bond donors (Lipinski definition) is 4. The molecule has 13 heteroatoms. The maximum atomic E-state index is 11.8. The quantitative estimate of drug-likeness (QED) is 0.0862. The van der Waals surface area contributed by atoms with E-state index in [0.29, 0.717) is 17.9 Å². The number of nitriles is 1.